The number of rotatable bonds is 5. The van der Waals surface area contributed by atoms with Gasteiger partial charge < -0.3 is 4.90 Å². The van der Waals surface area contributed by atoms with Crippen molar-refractivity contribution in [2.45, 2.75) is 44.6 Å². The lowest BCUT2D eigenvalue weighted by atomic mass is 9.80. The van der Waals surface area contributed by atoms with Gasteiger partial charge in [0, 0.05) is 42.9 Å². The van der Waals surface area contributed by atoms with E-state index in [0.29, 0.717) is 30.2 Å². The Kier molecular flexibility index (Phi) is 5.91. The maximum Gasteiger partial charge on any atom is 0.222 e. The second-order valence-electron chi connectivity index (χ2n) is 7.84. The number of nitrogens with zero attached hydrogens (tertiary/aromatic N) is 1. The van der Waals surface area contributed by atoms with Crippen molar-refractivity contribution in [2.24, 2.45) is 5.92 Å². The van der Waals surface area contributed by atoms with Crippen LogP contribution in [0.5, 0.6) is 0 Å². The monoisotopic (exact) mass is 383 g/mol. The molecule has 2 fully saturated rings. The van der Waals surface area contributed by atoms with Crippen LogP contribution in [-0.2, 0) is 11.2 Å². The first-order valence-corrected chi connectivity index (χ1v) is 10.9. The zero-order valence-corrected chi connectivity index (χ0v) is 16.8. The van der Waals surface area contributed by atoms with Crippen molar-refractivity contribution >= 4 is 17.2 Å². The molecule has 0 saturated carbocycles. The molecule has 2 aliphatic rings. The Bertz CT molecular complexity index is 761. The van der Waals surface area contributed by atoms with E-state index in [1.54, 1.807) is 11.3 Å². The molecule has 2 saturated heterocycles. The third kappa shape index (κ3) is 4.26. The standard InChI is InChI=1S/C22H29N3OS/c1-16-6-2-3-9-19(16)20-14-23-24-22(20)17-7-4-12-25(15-17)21(26)11-10-18-8-5-13-27-18/h2-3,5-6,8-9,13,17,20,22-24H,4,7,10-12,14-15H2,1H3. The van der Waals surface area contributed by atoms with Crippen LogP contribution in [0.2, 0.25) is 0 Å². The van der Waals surface area contributed by atoms with E-state index in [9.17, 15) is 4.79 Å². The van der Waals surface area contributed by atoms with Crippen LogP contribution in [0.25, 0.3) is 0 Å². The normalized spacial score (nSPS) is 25.7. The van der Waals surface area contributed by atoms with E-state index >= 15 is 0 Å². The van der Waals surface area contributed by atoms with Gasteiger partial charge in [-0.05, 0) is 54.7 Å². The van der Waals surface area contributed by atoms with Crippen LogP contribution in [0.1, 0.15) is 41.2 Å². The van der Waals surface area contributed by atoms with Gasteiger partial charge in [-0.1, -0.05) is 30.3 Å². The fraction of sp³-hybridized carbons (Fsp3) is 0.500. The summed E-state index contributed by atoms with van der Waals surface area (Å²) in [6, 6.07) is 13.3. The Morgan fingerprint density at radius 1 is 1.26 bits per heavy atom. The molecule has 144 valence electrons. The largest absolute Gasteiger partial charge is 0.342 e. The maximum absolute atomic E-state index is 12.8. The minimum atomic E-state index is 0.312. The van der Waals surface area contributed by atoms with Crippen molar-refractivity contribution < 1.29 is 4.79 Å². The molecule has 1 amide bonds. The Hall–Kier alpha value is -1.69. The van der Waals surface area contributed by atoms with Crippen LogP contribution in [0.15, 0.2) is 41.8 Å². The quantitative estimate of drug-likeness (QED) is 0.831. The van der Waals surface area contributed by atoms with Crippen LogP contribution >= 0.6 is 11.3 Å². The molecule has 27 heavy (non-hydrogen) atoms. The molecular formula is C22H29N3OS. The molecule has 0 aliphatic carbocycles. The smallest absolute Gasteiger partial charge is 0.222 e. The zero-order chi connectivity index (χ0) is 18.6. The number of aryl methyl sites for hydroxylation is 2. The highest BCUT2D eigenvalue weighted by Crippen LogP contribution is 2.33. The fourth-order valence-electron chi connectivity index (χ4n) is 4.64. The zero-order valence-electron chi connectivity index (χ0n) is 16.0. The molecule has 0 radical (unpaired) electrons. The fourth-order valence-corrected chi connectivity index (χ4v) is 5.35. The summed E-state index contributed by atoms with van der Waals surface area (Å²) in [5, 5.41) is 2.08. The first-order chi connectivity index (χ1) is 13.2. The molecule has 0 spiro atoms. The number of hydrazine groups is 1. The SMILES string of the molecule is Cc1ccccc1C1CNNC1C1CCCN(C(=O)CCc2cccs2)C1. The molecule has 1 aromatic heterocycles. The van der Waals surface area contributed by atoms with Gasteiger partial charge in [-0.25, -0.2) is 0 Å². The summed E-state index contributed by atoms with van der Waals surface area (Å²) < 4.78 is 0. The van der Waals surface area contributed by atoms with E-state index in [1.807, 2.05) is 0 Å². The predicted molar refractivity (Wildman–Crippen MR) is 111 cm³/mol. The lowest BCUT2D eigenvalue weighted by molar-refractivity contribution is -0.133. The van der Waals surface area contributed by atoms with Gasteiger partial charge in [0.1, 0.15) is 0 Å². The number of likely N-dealkylation sites (tertiary alicyclic amines) is 1. The predicted octanol–water partition coefficient (Wildman–Crippen LogP) is 3.49. The summed E-state index contributed by atoms with van der Waals surface area (Å²) >= 11 is 1.74. The molecule has 0 bridgehead atoms. The van der Waals surface area contributed by atoms with E-state index in [-0.39, 0.29) is 0 Å². The second kappa shape index (κ2) is 8.55. The number of hydrogen-bond acceptors (Lipinski definition) is 4. The average Bonchev–Trinajstić information content (AvgIpc) is 3.38. The number of carbonyl (C=O) groups excluding carboxylic acids is 1. The highest BCUT2D eigenvalue weighted by Gasteiger charge is 2.37. The molecule has 5 heteroatoms. The van der Waals surface area contributed by atoms with Gasteiger partial charge in [0.05, 0.1) is 0 Å². The van der Waals surface area contributed by atoms with Crippen LogP contribution in [0.3, 0.4) is 0 Å². The van der Waals surface area contributed by atoms with Gasteiger partial charge in [0.15, 0.2) is 0 Å². The minimum absolute atomic E-state index is 0.312. The first-order valence-electron chi connectivity index (χ1n) is 10.1. The number of piperidine rings is 1. The summed E-state index contributed by atoms with van der Waals surface area (Å²) in [6.07, 6.45) is 3.79. The van der Waals surface area contributed by atoms with Crippen molar-refractivity contribution in [2.75, 3.05) is 19.6 Å². The number of hydrogen-bond donors (Lipinski definition) is 2. The number of carbonyl (C=O) groups is 1. The van der Waals surface area contributed by atoms with Gasteiger partial charge >= 0.3 is 0 Å². The van der Waals surface area contributed by atoms with Crippen LogP contribution in [0.4, 0.5) is 0 Å². The summed E-state index contributed by atoms with van der Waals surface area (Å²) in [4.78, 5) is 16.2. The molecule has 3 unspecified atom stereocenters. The second-order valence-corrected chi connectivity index (χ2v) is 8.87. The highest BCUT2D eigenvalue weighted by molar-refractivity contribution is 7.09. The molecule has 3 atom stereocenters. The molecule has 2 N–H and O–H groups in total. The summed E-state index contributed by atoms with van der Waals surface area (Å²) in [5.74, 6) is 1.29. The lowest BCUT2D eigenvalue weighted by Crippen LogP contribution is -2.48. The third-order valence-corrected chi connectivity index (χ3v) is 7.03. The number of benzene rings is 1. The topological polar surface area (TPSA) is 44.4 Å². The number of thiophene rings is 1. The van der Waals surface area contributed by atoms with Gasteiger partial charge in [0.25, 0.3) is 0 Å². The van der Waals surface area contributed by atoms with E-state index in [2.05, 4.69) is 64.5 Å². The van der Waals surface area contributed by atoms with Crippen molar-refractivity contribution in [1.82, 2.24) is 15.8 Å². The Labute approximate surface area is 165 Å². The van der Waals surface area contributed by atoms with Gasteiger partial charge in [-0.3, -0.25) is 15.6 Å². The minimum Gasteiger partial charge on any atom is -0.342 e. The first kappa shape index (κ1) is 18.7. The van der Waals surface area contributed by atoms with Crippen molar-refractivity contribution in [3.05, 3.63) is 57.8 Å². The van der Waals surface area contributed by atoms with Crippen LogP contribution < -0.4 is 10.9 Å². The van der Waals surface area contributed by atoms with E-state index in [4.69, 9.17) is 0 Å². The lowest BCUT2D eigenvalue weighted by Gasteiger charge is -2.37. The Morgan fingerprint density at radius 2 is 2.15 bits per heavy atom. The maximum atomic E-state index is 12.8. The Balaban J connectivity index is 1.40. The van der Waals surface area contributed by atoms with E-state index in [1.165, 1.54) is 22.4 Å². The van der Waals surface area contributed by atoms with Gasteiger partial charge in [-0.2, -0.15) is 0 Å². The Morgan fingerprint density at radius 3 is 2.96 bits per heavy atom. The number of amides is 1. The molecule has 2 aromatic rings. The van der Waals surface area contributed by atoms with E-state index in [0.717, 1.165) is 32.5 Å². The van der Waals surface area contributed by atoms with Crippen LogP contribution in [-0.4, -0.2) is 36.5 Å². The highest BCUT2D eigenvalue weighted by atomic mass is 32.1. The number of nitrogens with one attached hydrogen (secondary N) is 2. The van der Waals surface area contributed by atoms with Crippen molar-refractivity contribution in [3.63, 3.8) is 0 Å². The van der Waals surface area contributed by atoms with Crippen molar-refractivity contribution in [3.8, 4) is 0 Å². The van der Waals surface area contributed by atoms with Gasteiger partial charge in [-0.15, -0.1) is 11.3 Å². The third-order valence-electron chi connectivity index (χ3n) is 6.10. The molecule has 1 aromatic carbocycles. The molecular weight excluding hydrogens is 354 g/mol. The molecule has 2 aliphatic heterocycles. The van der Waals surface area contributed by atoms with Gasteiger partial charge in [0.2, 0.25) is 5.91 Å². The molecule has 4 rings (SSSR count). The van der Waals surface area contributed by atoms with E-state index < -0.39 is 0 Å². The summed E-state index contributed by atoms with van der Waals surface area (Å²) in [7, 11) is 0. The van der Waals surface area contributed by atoms with Crippen LogP contribution in [0, 0.1) is 12.8 Å². The summed E-state index contributed by atoms with van der Waals surface area (Å²) in [6.45, 7) is 4.95. The van der Waals surface area contributed by atoms with Crippen molar-refractivity contribution in [1.29, 1.82) is 0 Å². The molecule has 4 nitrogen and oxygen atoms in total. The summed E-state index contributed by atoms with van der Waals surface area (Å²) in [5.41, 5.74) is 9.70. The molecule has 3 heterocycles. The average molecular weight is 384 g/mol.